The second-order valence-electron chi connectivity index (χ2n) is 7.11. The molecule has 0 saturated carbocycles. The van der Waals surface area contributed by atoms with Crippen LogP contribution in [0.2, 0.25) is 0 Å². The number of hydrogen-bond donors (Lipinski definition) is 1. The summed E-state index contributed by atoms with van der Waals surface area (Å²) < 4.78 is 0. The Bertz CT molecular complexity index is 962. The predicted octanol–water partition coefficient (Wildman–Crippen LogP) is 2.97. The van der Waals surface area contributed by atoms with Crippen molar-refractivity contribution >= 4 is 17.4 Å². The normalized spacial score (nSPS) is 23.7. The number of benzene rings is 2. The lowest BCUT2D eigenvalue weighted by atomic mass is 9.71. The first-order valence-corrected chi connectivity index (χ1v) is 9.22. The summed E-state index contributed by atoms with van der Waals surface area (Å²) in [6.45, 7) is 0.350. The van der Waals surface area contributed by atoms with Crippen molar-refractivity contribution in [1.82, 2.24) is 0 Å². The van der Waals surface area contributed by atoms with E-state index in [1.165, 1.54) is 4.90 Å². The van der Waals surface area contributed by atoms with Gasteiger partial charge in [-0.1, -0.05) is 42.5 Å². The van der Waals surface area contributed by atoms with E-state index in [-0.39, 0.29) is 5.78 Å². The first kappa shape index (κ1) is 17.4. The van der Waals surface area contributed by atoms with Gasteiger partial charge in [-0.25, -0.2) is 0 Å². The van der Waals surface area contributed by atoms with Crippen LogP contribution in [0.5, 0.6) is 0 Å². The van der Waals surface area contributed by atoms with Gasteiger partial charge in [0.2, 0.25) is 0 Å². The van der Waals surface area contributed by atoms with Gasteiger partial charge in [-0.2, -0.15) is 5.26 Å². The Balaban J connectivity index is 1.75. The molecule has 0 radical (unpaired) electrons. The number of aliphatic hydroxyl groups is 1. The molecule has 0 bridgehead atoms. The topological polar surface area (TPSA) is 81.4 Å². The van der Waals surface area contributed by atoms with E-state index >= 15 is 0 Å². The molecule has 0 aromatic heterocycles. The molecule has 0 saturated heterocycles. The highest BCUT2D eigenvalue weighted by Gasteiger charge is 2.57. The molecule has 2 aromatic carbocycles. The minimum absolute atomic E-state index is 0.179. The van der Waals surface area contributed by atoms with Crippen LogP contribution in [0.4, 0.5) is 5.69 Å². The Morgan fingerprint density at radius 2 is 1.89 bits per heavy atom. The number of Topliss-reactive ketones (excluding diaryl/α,β-unsaturated/α-hetero) is 1. The van der Waals surface area contributed by atoms with Gasteiger partial charge in [0.15, 0.2) is 11.4 Å². The molecule has 1 N–H and O–H groups in total. The van der Waals surface area contributed by atoms with Crippen molar-refractivity contribution < 1.29 is 14.7 Å². The maximum absolute atomic E-state index is 13.3. The zero-order valence-electron chi connectivity index (χ0n) is 14.9. The molecule has 136 valence electrons. The number of carbonyl (C=O) groups is 2. The van der Waals surface area contributed by atoms with Crippen LogP contribution in [0.1, 0.15) is 40.7 Å². The quantitative estimate of drug-likeness (QED) is 0.850. The molecule has 27 heavy (non-hydrogen) atoms. The van der Waals surface area contributed by atoms with Crippen LogP contribution in [0, 0.1) is 17.2 Å². The number of amides is 1. The number of carbonyl (C=O) groups excluding carboxylic acids is 2. The van der Waals surface area contributed by atoms with Gasteiger partial charge < -0.3 is 10.0 Å². The number of para-hydroxylation sites is 1. The van der Waals surface area contributed by atoms with Crippen molar-refractivity contribution in [2.24, 2.45) is 5.92 Å². The molecule has 2 aliphatic rings. The van der Waals surface area contributed by atoms with Crippen LogP contribution in [0.3, 0.4) is 0 Å². The maximum atomic E-state index is 13.3. The number of fused-ring (bicyclic) bond motifs is 2. The fourth-order valence-corrected chi connectivity index (χ4v) is 4.33. The molecule has 1 aliphatic heterocycles. The van der Waals surface area contributed by atoms with Crippen LogP contribution in [-0.4, -0.2) is 23.3 Å². The van der Waals surface area contributed by atoms with Crippen LogP contribution >= 0.6 is 0 Å². The standard InChI is InChI=1S/C22H20N2O3/c23-13-5-6-14-24-19-10-4-3-9-17(19)22(27,21(24)26)18-12-11-15-7-1-2-8-16(15)20(18)25/h1-4,7-10,18,27H,5-6,11-12,14H2/t18-,22-/m1/s1. The van der Waals surface area contributed by atoms with Crippen molar-refractivity contribution in [3.8, 4) is 6.07 Å². The smallest absolute Gasteiger partial charge is 0.264 e. The third-order valence-electron chi connectivity index (χ3n) is 5.65. The summed E-state index contributed by atoms with van der Waals surface area (Å²) in [6.07, 6.45) is 1.94. The molecule has 0 spiro atoms. The van der Waals surface area contributed by atoms with Gasteiger partial charge >= 0.3 is 0 Å². The van der Waals surface area contributed by atoms with E-state index in [1.807, 2.05) is 24.3 Å². The van der Waals surface area contributed by atoms with E-state index in [1.54, 1.807) is 24.3 Å². The van der Waals surface area contributed by atoms with Crippen LogP contribution in [0.25, 0.3) is 0 Å². The van der Waals surface area contributed by atoms with E-state index < -0.39 is 17.4 Å². The van der Waals surface area contributed by atoms with Crippen LogP contribution in [-0.2, 0) is 16.8 Å². The molecule has 5 heteroatoms. The number of anilines is 1. The monoisotopic (exact) mass is 360 g/mol. The minimum atomic E-state index is -1.85. The molecule has 1 heterocycles. The largest absolute Gasteiger partial charge is 0.375 e. The number of rotatable bonds is 4. The zero-order valence-corrected chi connectivity index (χ0v) is 14.9. The highest BCUT2D eigenvalue weighted by molar-refractivity contribution is 6.12. The highest BCUT2D eigenvalue weighted by Crippen LogP contribution is 2.48. The summed E-state index contributed by atoms with van der Waals surface area (Å²) in [7, 11) is 0. The Hall–Kier alpha value is -2.97. The van der Waals surface area contributed by atoms with Gasteiger partial charge in [0.05, 0.1) is 17.7 Å². The van der Waals surface area contributed by atoms with Crippen LogP contribution in [0.15, 0.2) is 48.5 Å². The Kier molecular flexibility index (Phi) is 4.29. The summed E-state index contributed by atoms with van der Waals surface area (Å²) in [4.78, 5) is 28.0. The maximum Gasteiger partial charge on any atom is 0.264 e. The van der Waals surface area contributed by atoms with E-state index in [0.29, 0.717) is 49.0 Å². The van der Waals surface area contributed by atoms with Gasteiger partial charge in [-0.15, -0.1) is 0 Å². The van der Waals surface area contributed by atoms with Gasteiger partial charge in [-0.05, 0) is 30.9 Å². The second-order valence-corrected chi connectivity index (χ2v) is 7.11. The third kappa shape index (κ3) is 2.56. The second kappa shape index (κ2) is 6.64. The summed E-state index contributed by atoms with van der Waals surface area (Å²) in [5.74, 6) is -1.44. The summed E-state index contributed by atoms with van der Waals surface area (Å²) in [6, 6.07) is 16.6. The zero-order chi connectivity index (χ0) is 19.0. The lowest BCUT2D eigenvalue weighted by Gasteiger charge is -2.34. The van der Waals surface area contributed by atoms with Crippen molar-refractivity contribution in [1.29, 1.82) is 5.26 Å². The number of unbranched alkanes of at least 4 members (excludes halogenated alkanes) is 1. The first-order chi connectivity index (χ1) is 13.1. The molecule has 1 amide bonds. The predicted molar refractivity (Wildman–Crippen MR) is 100 cm³/mol. The molecular formula is C22H20N2O3. The Labute approximate surface area is 157 Å². The van der Waals surface area contributed by atoms with E-state index in [4.69, 9.17) is 5.26 Å². The molecule has 1 aliphatic carbocycles. The van der Waals surface area contributed by atoms with Gasteiger partial charge in [0.25, 0.3) is 5.91 Å². The van der Waals surface area contributed by atoms with E-state index in [2.05, 4.69) is 6.07 Å². The third-order valence-corrected chi connectivity index (χ3v) is 5.65. The average molecular weight is 360 g/mol. The molecule has 0 fully saturated rings. The SMILES string of the molecule is N#CCCCN1C(=O)[C@](O)([C@@H]2CCc3ccccc3C2=O)c2ccccc21. The molecule has 4 rings (SSSR count). The number of nitriles is 1. The number of ketones is 1. The molecule has 5 nitrogen and oxygen atoms in total. The fraction of sp³-hybridized carbons (Fsp3) is 0.318. The van der Waals surface area contributed by atoms with Gasteiger partial charge in [0.1, 0.15) is 0 Å². The minimum Gasteiger partial charge on any atom is -0.375 e. The molecule has 0 unspecified atom stereocenters. The first-order valence-electron chi connectivity index (χ1n) is 9.22. The number of hydrogen-bond acceptors (Lipinski definition) is 4. The lowest BCUT2D eigenvalue weighted by molar-refractivity contribution is -0.140. The van der Waals surface area contributed by atoms with Crippen molar-refractivity contribution in [3.63, 3.8) is 0 Å². The average Bonchev–Trinajstić information content (AvgIpc) is 2.91. The fourth-order valence-electron chi connectivity index (χ4n) is 4.33. The van der Waals surface area contributed by atoms with Crippen molar-refractivity contribution in [2.45, 2.75) is 31.3 Å². The van der Waals surface area contributed by atoms with Crippen molar-refractivity contribution in [3.05, 3.63) is 65.2 Å². The molecule has 2 aromatic rings. The summed E-state index contributed by atoms with van der Waals surface area (Å²) >= 11 is 0. The Morgan fingerprint density at radius 3 is 2.70 bits per heavy atom. The number of nitrogens with zero attached hydrogens (tertiary/aromatic N) is 2. The molecular weight excluding hydrogens is 340 g/mol. The van der Waals surface area contributed by atoms with Crippen LogP contribution < -0.4 is 4.90 Å². The Morgan fingerprint density at radius 1 is 1.15 bits per heavy atom. The molecule has 2 atom stereocenters. The van der Waals surface area contributed by atoms with E-state index in [0.717, 1.165) is 5.56 Å². The van der Waals surface area contributed by atoms with E-state index in [9.17, 15) is 14.7 Å². The van der Waals surface area contributed by atoms with Gasteiger partial charge in [0, 0.05) is 24.1 Å². The van der Waals surface area contributed by atoms with Crippen molar-refractivity contribution in [2.75, 3.05) is 11.4 Å². The summed E-state index contributed by atoms with van der Waals surface area (Å²) in [5.41, 5.74) is 0.829. The van der Waals surface area contributed by atoms with Gasteiger partial charge in [-0.3, -0.25) is 9.59 Å². The highest BCUT2D eigenvalue weighted by atomic mass is 16.3. The summed E-state index contributed by atoms with van der Waals surface area (Å²) in [5, 5.41) is 20.4. The lowest BCUT2D eigenvalue weighted by Crippen LogP contribution is -2.49. The number of aryl methyl sites for hydroxylation is 1.